The molecule has 1 atom stereocenters. The summed E-state index contributed by atoms with van der Waals surface area (Å²) in [6.45, 7) is 4.20. The van der Waals surface area contributed by atoms with Crippen LogP contribution in [0.15, 0.2) is 64.7 Å². The van der Waals surface area contributed by atoms with Crippen LogP contribution in [-0.2, 0) is 9.59 Å². The van der Waals surface area contributed by atoms with Crippen molar-refractivity contribution in [2.75, 3.05) is 11.5 Å². The lowest BCUT2D eigenvalue weighted by Crippen LogP contribution is -2.29. The number of aliphatic hydroxyl groups is 1. The number of halogens is 1. The Kier molecular flexibility index (Phi) is 5.77. The third kappa shape index (κ3) is 3.87. The molecule has 3 aromatic rings. The summed E-state index contributed by atoms with van der Waals surface area (Å²) in [7, 11) is 0. The van der Waals surface area contributed by atoms with Crippen molar-refractivity contribution in [1.29, 1.82) is 0 Å². The van der Waals surface area contributed by atoms with Gasteiger partial charge < -0.3 is 14.4 Å². The zero-order chi connectivity index (χ0) is 22.8. The number of rotatable bonds is 6. The van der Waals surface area contributed by atoms with Crippen LogP contribution < -0.4 is 9.64 Å². The van der Waals surface area contributed by atoms with E-state index < -0.39 is 23.5 Å². The largest absolute Gasteiger partial charge is 0.507 e. The number of anilines is 1. The normalized spacial score (nSPS) is 17.7. The summed E-state index contributed by atoms with van der Waals surface area (Å²) in [5, 5.41) is 14.9. The first-order chi connectivity index (χ1) is 15.4. The summed E-state index contributed by atoms with van der Waals surface area (Å²) in [4.78, 5) is 27.1. The van der Waals surface area contributed by atoms with Crippen LogP contribution in [0.2, 0.25) is 0 Å². The number of aromatic nitrogens is 1. The molecule has 1 N–H and O–H groups in total. The number of ether oxygens (including phenoxy) is 1. The summed E-state index contributed by atoms with van der Waals surface area (Å²) in [6.07, 6.45) is 0.852. The Morgan fingerprint density at radius 2 is 1.84 bits per heavy atom. The number of carbonyl (C=O) groups is 2. The fourth-order valence-electron chi connectivity index (χ4n) is 3.58. The Labute approximate surface area is 183 Å². The minimum atomic E-state index is -1.00. The van der Waals surface area contributed by atoms with Gasteiger partial charge in [0.1, 0.15) is 23.1 Å². The molecule has 1 aromatic heterocycles. The van der Waals surface area contributed by atoms with E-state index in [0.29, 0.717) is 29.2 Å². The number of aryl methyl sites for hydroxylation is 1. The standard InChI is InChI=1S/C24H21FN2O5/c1-3-12-31-18-10-6-16(7-11-18)22(28)20-21(15-4-8-17(25)9-5-15)27(24(30)23(20)29)19-13-14(2)32-26-19/h4-11,13,21,28H,3,12H2,1-2H3/b22-20+/t21-/m0/s1. The topological polar surface area (TPSA) is 92.9 Å². The molecule has 1 saturated heterocycles. The predicted molar refractivity (Wildman–Crippen MR) is 115 cm³/mol. The molecule has 1 aliphatic rings. The molecule has 1 amide bonds. The monoisotopic (exact) mass is 436 g/mol. The third-order valence-corrected chi connectivity index (χ3v) is 5.09. The first kappa shape index (κ1) is 21.3. The van der Waals surface area contributed by atoms with Crippen molar-refractivity contribution in [3.63, 3.8) is 0 Å². The van der Waals surface area contributed by atoms with Crippen LogP contribution in [-0.4, -0.2) is 28.6 Å². The van der Waals surface area contributed by atoms with Crippen molar-refractivity contribution in [1.82, 2.24) is 5.16 Å². The van der Waals surface area contributed by atoms with E-state index >= 15 is 0 Å². The van der Waals surface area contributed by atoms with Gasteiger partial charge >= 0.3 is 5.91 Å². The highest BCUT2D eigenvalue weighted by atomic mass is 19.1. The van der Waals surface area contributed by atoms with Crippen LogP contribution in [0.4, 0.5) is 10.2 Å². The molecule has 164 valence electrons. The quantitative estimate of drug-likeness (QED) is 0.347. The Balaban J connectivity index is 1.83. The lowest BCUT2D eigenvalue weighted by atomic mass is 9.95. The lowest BCUT2D eigenvalue weighted by molar-refractivity contribution is -0.132. The highest BCUT2D eigenvalue weighted by molar-refractivity contribution is 6.51. The van der Waals surface area contributed by atoms with E-state index in [1.807, 2.05) is 6.92 Å². The molecule has 2 aromatic carbocycles. The van der Waals surface area contributed by atoms with E-state index in [2.05, 4.69) is 5.16 Å². The highest BCUT2D eigenvalue weighted by Crippen LogP contribution is 2.42. The van der Waals surface area contributed by atoms with Crippen molar-refractivity contribution < 1.29 is 28.3 Å². The lowest BCUT2D eigenvalue weighted by Gasteiger charge is -2.22. The molecular weight excluding hydrogens is 415 g/mol. The average Bonchev–Trinajstić information content (AvgIpc) is 3.33. The molecule has 0 spiro atoms. The molecule has 0 bridgehead atoms. The highest BCUT2D eigenvalue weighted by Gasteiger charge is 2.48. The maximum absolute atomic E-state index is 13.5. The van der Waals surface area contributed by atoms with Gasteiger partial charge in [0.25, 0.3) is 5.78 Å². The maximum atomic E-state index is 13.5. The second kappa shape index (κ2) is 8.66. The number of ketones is 1. The minimum Gasteiger partial charge on any atom is -0.507 e. The van der Waals surface area contributed by atoms with Crippen molar-refractivity contribution in [3.05, 3.63) is 82.9 Å². The fraction of sp³-hybridized carbons (Fsp3) is 0.208. The second-order valence-corrected chi connectivity index (χ2v) is 7.39. The fourth-order valence-corrected chi connectivity index (χ4v) is 3.58. The van der Waals surface area contributed by atoms with Crippen molar-refractivity contribution >= 4 is 23.3 Å². The number of Topliss-reactive ketones (excluding diaryl/α,β-unsaturated/α-hetero) is 1. The summed E-state index contributed by atoms with van der Waals surface area (Å²) in [5.41, 5.74) is 0.662. The van der Waals surface area contributed by atoms with E-state index in [4.69, 9.17) is 9.26 Å². The Morgan fingerprint density at radius 1 is 1.16 bits per heavy atom. The Hall–Kier alpha value is -3.94. The van der Waals surface area contributed by atoms with Crippen molar-refractivity contribution in [2.24, 2.45) is 0 Å². The molecule has 8 heteroatoms. The molecule has 2 heterocycles. The van der Waals surface area contributed by atoms with E-state index in [1.165, 1.54) is 30.3 Å². The van der Waals surface area contributed by atoms with Gasteiger partial charge in [0, 0.05) is 11.6 Å². The number of benzene rings is 2. The number of amides is 1. The third-order valence-electron chi connectivity index (χ3n) is 5.09. The van der Waals surface area contributed by atoms with Crippen LogP contribution in [0, 0.1) is 12.7 Å². The van der Waals surface area contributed by atoms with Crippen LogP contribution in [0.5, 0.6) is 5.75 Å². The zero-order valence-electron chi connectivity index (χ0n) is 17.5. The zero-order valence-corrected chi connectivity index (χ0v) is 17.5. The van der Waals surface area contributed by atoms with Gasteiger partial charge in [0.2, 0.25) is 0 Å². The first-order valence-electron chi connectivity index (χ1n) is 10.1. The summed E-state index contributed by atoms with van der Waals surface area (Å²) < 4.78 is 24.2. The van der Waals surface area contributed by atoms with Crippen molar-refractivity contribution in [3.8, 4) is 5.75 Å². The van der Waals surface area contributed by atoms with E-state index in [1.54, 1.807) is 31.2 Å². The molecule has 0 unspecified atom stereocenters. The van der Waals surface area contributed by atoms with Crippen molar-refractivity contribution in [2.45, 2.75) is 26.3 Å². The van der Waals surface area contributed by atoms with Gasteiger partial charge in [-0.1, -0.05) is 24.2 Å². The van der Waals surface area contributed by atoms with Gasteiger partial charge in [-0.2, -0.15) is 0 Å². The average molecular weight is 436 g/mol. The van der Waals surface area contributed by atoms with Gasteiger partial charge in [-0.25, -0.2) is 4.39 Å². The number of hydrogen-bond acceptors (Lipinski definition) is 6. The molecule has 1 aliphatic heterocycles. The van der Waals surface area contributed by atoms with E-state index in [0.717, 1.165) is 11.3 Å². The molecule has 0 aliphatic carbocycles. The smallest absolute Gasteiger partial charge is 0.301 e. The van der Waals surface area contributed by atoms with Crippen LogP contribution in [0.25, 0.3) is 5.76 Å². The number of hydrogen-bond donors (Lipinski definition) is 1. The second-order valence-electron chi connectivity index (χ2n) is 7.39. The Morgan fingerprint density at radius 3 is 2.44 bits per heavy atom. The number of nitrogens with zero attached hydrogens (tertiary/aromatic N) is 2. The van der Waals surface area contributed by atoms with Crippen LogP contribution >= 0.6 is 0 Å². The summed E-state index contributed by atoms with van der Waals surface area (Å²) in [6, 6.07) is 12.4. The van der Waals surface area contributed by atoms with Gasteiger partial charge in [0.15, 0.2) is 5.82 Å². The molecular formula is C24H21FN2O5. The van der Waals surface area contributed by atoms with Crippen LogP contribution in [0.1, 0.15) is 36.3 Å². The van der Waals surface area contributed by atoms with Gasteiger partial charge in [-0.15, -0.1) is 0 Å². The predicted octanol–water partition coefficient (Wildman–Crippen LogP) is 4.54. The molecule has 7 nitrogen and oxygen atoms in total. The minimum absolute atomic E-state index is 0.121. The van der Waals surface area contributed by atoms with E-state index in [-0.39, 0.29) is 17.2 Å². The SMILES string of the molecule is CCCOc1ccc(/C(O)=C2\C(=O)C(=O)N(c3cc(C)on3)[C@H]2c2ccc(F)cc2)cc1. The summed E-state index contributed by atoms with van der Waals surface area (Å²) in [5.74, 6) is -1.35. The molecule has 4 rings (SSSR count). The van der Waals surface area contributed by atoms with Gasteiger partial charge in [-0.3, -0.25) is 14.5 Å². The van der Waals surface area contributed by atoms with E-state index in [9.17, 15) is 19.1 Å². The molecule has 1 fully saturated rings. The Bertz CT molecular complexity index is 1180. The molecule has 0 saturated carbocycles. The van der Waals surface area contributed by atoms with Gasteiger partial charge in [-0.05, 0) is 55.3 Å². The van der Waals surface area contributed by atoms with Gasteiger partial charge in [0.05, 0.1) is 18.2 Å². The first-order valence-corrected chi connectivity index (χ1v) is 10.1. The maximum Gasteiger partial charge on any atom is 0.301 e. The number of aliphatic hydroxyl groups excluding tert-OH is 1. The number of carbonyl (C=O) groups excluding carboxylic acids is 2. The molecule has 32 heavy (non-hydrogen) atoms. The van der Waals surface area contributed by atoms with Crippen LogP contribution in [0.3, 0.4) is 0 Å². The molecule has 0 radical (unpaired) electrons. The summed E-state index contributed by atoms with van der Waals surface area (Å²) >= 11 is 0.